The van der Waals surface area contributed by atoms with Gasteiger partial charge in [-0.15, -0.1) is 0 Å². The smallest absolute Gasteiger partial charge is 0.253 e. The monoisotopic (exact) mass is 328 g/mol. The SMILES string of the molecule is CN(CC1CCCNC1)C(=O)c1ccc(F)c(Br)c1. The van der Waals surface area contributed by atoms with E-state index in [9.17, 15) is 9.18 Å². The fourth-order valence-electron chi connectivity index (χ4n) is 2.40. The second-order valence-corrected chi connectivity index (χ2v) is 5.88. The molecule has 1 aliphatic rings. The van der Waals surface area contributed by atoms with Crippen molar-refractivity contribution in [3.63, 3.8) is 0 Å². The lowest BCUT2D eigenvalue weighted by Gasteiger charge is -2.27. The molecule has 1 heterocycles. The third-order valence-electron chi connectivity index (χ3n) is 3.44. The van der Waals surface area contributed by atoms with Crippen LogP contribution in [0.3, 0.4) is 0 Å². The third kappa shape index (κ3) is 3.76. The Bertz CT molecular complexity index is 461. The molecule has 1 unspecified atom stereocenters. The zero-order valence-corrected chi connectivity index (χ0v) is 12.5. The molecule has 104 valence electrons. The summed E-state index contributed by atoms with van der Waals surface area (Å²) in [4.78, 5) is 14.0. The molecule has 1 aromatic carbocycles. The molecule has 1 aliphatic heterocycles. The Morgan fingerprint density at radius 3 is 3.00 bits per heavy atom. The number of hydrogen-bond acceptors (Lipinski definition) is 2. The number of amides is 1. The maximum absolute atomic E-state index is 13.2. The van der Waals surface area contributed by atoms with E-state index >= 15 is 0 Å². The van der Waals surface area contributed by atoms with Crippen LogP contribution < -0.4 is 5.32 Å². The van der Waals surface area contributed by atoms with Crippen LogP contribution >= 0.6 is 15.9 Å². The van der Waals surface area contributed by atoms with Crippen molar-refractivity contribution in [2.45, 2.75) is 12.8 Å². The summed E-state index contributed by atoms with van der Waals surface area (Å²) in [5.74, 6) is 0.0912. The van der Waals surface area contributed by atoms with Crippen LogP contribution in [0.1, 0.15) is 23.2 Å². The normalized spacial score (nSPS) is 19.2. The lowest BCUT2D eigenvalue weighted by atomic mass is 9.99. The van der Waals surface area contributed by atoms with Gasteiger partial charge in [0, 0.05) is 19.2 Å². The van der Waals surface area contributed by atoms with Gasteiger partial charge in [0.2, 0.25) is 0 Å². The molecule has 1 atom stereocenters. The van der Waals surface area contributed by atoms with Crippen molar-refractivity contribution in [2.75, 3.05) is 26.7 Å². The second kappa shape index (κ2) is 6.48. The molecule has 1 N–H and O–H groups in total. The zero-order chi connectivity index (χ0) is 13.8. The zero-order valence-electron chi connectivity index (χ0n) is 11.0. The van der Waals surface area contributed by atoms with Crippen LogP contribution in [-0.4, -0.2) is 37.5 Å². The number of carbonyl (C=O) groups excluding carboxylic acids is 1. The fourth-order valence-corrected chi connectivity index (χ4v) is 2.78. The third-order valence-corrected chi connectivity index (χ3v) is 4.05. The quantitative estimate of drug-likeness (QED) is 0.925. The summed E-state index contributed by atoms with van der Waals surface area (Å²) in [6.07, 6.45) is 2.31. The summed E-state index contributed by atoms with van der Waals surface area (Å²) < 4.78 is 13.5. The van der Waals surface area contributed by atoms with Crippen LogP contribution in [-0.2, 0) is 0 Å². The Balaban J connectivity index is 1.99. The van der Waals surface area contributed by atoms with Gasteiger partial charge in [-0.05, 0) is 66.0 Å². The van der Waals surface area contributed by atoms with Gasteiger partial charge in [0.05, 0.1) is 4.47 Å². The van der Waals surface area contributed by atoms with Crippen LogP contribution in [0.5, 0.6) is 0 Å². The fraction of sp³-hybridized carbons (Fsp3) is 0.500. The van der Waals surface area contributed by atoms with Crippen molar-refractivity contribution in [2.24, 2.45) is 5.92 Å². The number of rotatable bonds is 3. The van der Waals surface area contributed by atoms with Crippen LogP contribution in [0.15, 0.2) is 22.7 Å². The molecule has 0 bridgehead atoms. The van der Waals surface area contributed by atoms with E-state index < -0.39 is 0 Å². The number of benzene rings is 1. The van der Waals surface area contributed by atoms with Gasteiger partial charge < -0.3 is 10.2 Å². The molecule has 0 radical (unpaired) electrons. The first-order valence-corrected chi connectivity index (χ1v) is 7.28. The highest BCUT2D eigenvalue weighted by atomic mass is 79.9. The minimum absolute atomic E-state index is 0.0636. The van der Waals surface area contributed by atoms with E-state index in [1.807, 2.05) is 0 Å². The van der Waals surface area contributed by atoms with Gasteiger partial charge >= 0.3 is 0 Å². The van der Waals surface area contributed by atoms with Gasteiger partial charge in [0.25, 0.3) is 5.91 Å². The van der Waals surface area contributed by atoms with Gasteiger partial charge in [0.15, 0.2) is 0 Å². The first kappa shape index (κ1) is 14.5. The predicted octanol–water partition coefficient (Wildman–Crippen LogP) is 2.66. The topological polar surface area (TPSA) is 32.3 Å². The largest absolute Gasteiger partial charge is 0.341 e. The minimum atomic E-state index is -0.351. The second-order valence-electron chi connectivity index (χ2n) is 5.03. The molecule has 3 nitrogen and oxygen atoms in total. The van der Waals surface area contributed by atoms with Crippen LogP contribution in [0.2, 0.25) is 0 Å². The predicted molar refractivity (Wildman–Crippen MR) is 76.7 cm³/mol. The molecule has 1 saturated heterocycles. The molecular formula is C14H18BrFN2O. The van der Waals surface area contributed by atoms with Gasteiger partial charge in [0.1, 0.15) is 5.82 Å². The van der Waals surface area contributed by atoms with E-state index in [2.05, 4.69) is 21.2 Å². The highest BCUT2D eigenvalue weighted by Gasteiger charge is 2.19. The molecular weight excluding hydrogens is 311 g/mol. The van der Waals surface area contributed by atoms with Gasteiger partial charge in [-0.1, -0.05) is 0 Å². The maximum atomic E-state index is 13.2. The molecule has 0 aliphatic carbocycles. The molecule has 0 aromatic heterocycles. The number of piperidine rings is 1. The number of carbonyl (C=O) groups is 1. The van der Waals surface area contributed by atoms with Crippen molar-refractivity contribution in [1.82, 2.24) is 10.2 Å². The molecule has 0 spiro atoms. The molecule has 0 saturated carbocycles. The number of halogens is 2. The van der Waals surface area contributed by atoms with Gasteiger partial charge in [-0.3, -0.25) is 4.79 Å². The van der Waals surface area contributed by atoms with Crippen LogP contribution in [0, 0.1) is 11.7 Å². The Labute approximate surface area is 121 Å². The molecule has 1 aromatic rings. The van der Waals surface area contributed by atoms with Gasteiger partial charge in [-0.2, -0.15) is 0 Å². The van der Waals surface area contributed by atoms with E-state index in [0.29, 0.717) is 16.0 Å². The highest BCUT2D eigenvalue weighted by Crippen LogP contribution is 2.18. The molecule has 2 rings (SSSR count). The highest BCUT2D eigenvalue weighted by molar-refractivity contribution is 9.10. The van der Waals surface area contributed by atoms with E-state index in [1.165, 1.54) is 18.2 Å². The minimum Gasteiger partial charge on any atom is -0.341 e. The summed E-state index contributed by atoms with van der Waals surface area (Å²) in [6.45, 7) is 2.77. The van der Waals surface area contributed by atoms with E-state index in [1.54, 1.807) is 11.9 Å². The standard InChI is InChI=1S/C14H18BrFN2O/c1-18(9-10-3-2-6-17-8-10)14(19)11-4-5-13(16)12(15)7-11/h4-5,7,10,17H,2-3,6,8-9H2,1H3. The first-order valence-electron chi connectivity index (χ1n) is 6.49. The van der Waals surface area contributed by atoms with Gasteiger partial charge in [-0.25, -0.2) is 4.39 Å². The number of hydrogen-bond donors (Lipinski definition) is 1. The Morgan fingerprint density at radius 2 is 2.37 bits per heavy atom. The number of nitrogens with zero attached hydrogens (tertiary/aromatic N) is 1. The first-order chi connectivity index (χ1) is 9.08. The van der Waals surface area contributed by atoms with Crippen molar-refractivity contribution in [3.05, 3.63) is 34.1 Å². The van der Waals surface area contributed by atoms with Crippen LogP contribution in [0.25, 0.3) is 0 Å². The summed E-state index contributed by atoms with van der Waals surface area (Å²) >= 11 is 3.11. The summed E-state index contributed by atoms with van der Waals surface area (Å²) in [5, 5.41) is 3.34. The van der Waals surface area contributed by atoms with Crippen molar-refractivity contribution in [3.8, 4) is 0 Å². The molecule has 1 fully saturated rings. The van der Waals surface area contributed by atoms with Crippen LogP contribution in [0.4, 0.5) is 4.39 Å². The summed E-state index contributed by atoms with van der Waals surface area (Å²) in [6, 6.07) is 4.37. The van der Waals surface area contributed by atoms with E-state index in [-0.39, 0.29) is 11.7 Å². The Kier molecular flexibility index (Phi) is 4.93. The molecule has 5 heteroatoms. The average Bonchev–Trinajstić information content (AvgIpc) is 2.42. The Morgan fingerprint density at radius 1 is 1.58 bits per heavy atom. The molecule has 1 amide bonds. The molecule has 19 heavy (non-hydrogen) atoms. The summed E-state index contributed by atoms with van der Waals surface area (Å²) in [7, 11) is 1.80. The average molecular weight is 329 g/mol. The summed E-state index contributed by atoms with van der Waals surface area (Å²) in [5.41, 5.74) is 0.513. The Hall–Kier alpha value is -0.940. The number of nitrogens with one attached hydrogen (secondary N) is 1. The lowest BCUT2D eigenvalue weighted by molar-refractivity contribution is 0.0764. The van der Waals surface area contributed by atoms with Crippen molar-refractivity contribution >= 4 is 21.8 Å². The van der Waals surface area contributed by atoms with E-state index in [0.717, 1.165) is 32.5 Å². The van der Waals surface area contributed by atoms with Crippen molar-refractivity contribution < 1.29 is 9.18 Å². The van der Waals surface area contributed by atoms with E-state index in [4.69, 9.17) is 0 Å². The lowest BCUT2D eigenvalue weighted by Crippen LogP contribution is -2.39. The van der Waals surface area contributed by atoms with Crippen molar-refractivity contribution in [1.29, 1.82) is 0 Å². The maximum Gasteiger partial charge on any atom is 0.253 e.